The molecule has 0 aliphatic rings. The Morgan fingerprint density at radius 3 is 2.02 bits per heavy atom. The van der Waals surface area contributed by atoms with Gasteiger partial charge in [0.15, 0.2) is 0 Å². The predicted molar refractivity (Wildman–Crippen MR) is 205 cm³/mol. The van der Waals surface area contributed by atoms with Crippen molar-refractivity contribution < 1.29 is 19.0 Å². The number of nitrogens with one attached hydrogen (secondary N) is 1. The number of pyridine rings is 1. The minimum atomic E-state index is -1.25. The maximum atomic E-state index is 13.1. The van der Waals surface area contributed by atoms with Crippen LogP contribution in [-0.4, -0.2) is 44.4 Å². The first kappa shape index (κ1) is 35.4. The molecule has 0 saturated heterocycles. The lowest BCUT2D eigenvalue weighted by molar-refractivity contribution is 0.0867. The van der Waals surface area contributed by atoms with Gasteiger partial charge in [-0.25, -0.2) is 4.98 Å². The summed E-state index contributed by atoms with van der Waals surface area (Å²) in [6.45, 7) is 11.9. The number of aryl methyl sites for hydroxylation is 1. The maximum absolute atomic E-state index is 13.1. The zero-order chi connectivity index (χ0) is 34.3. The molecule has 0 aliphatic heterocycles. The van der Waals surface area contributed by atoms with Crippen LogP contribution in [0.25, 0.3) is 11.0 Å². The largest absolute Gasteiger partial charge is 0.497 e. The molecule has 3 aromatic carbocycles. The number of ether oxygens (including phenoxy) is 3. The summed E-state index contributed by atoms with van der Waals surface area (Å²) in [5.74, 6) is 2.44. The molecule has 0 unspecified atom stereocenters. The van der Waals surface area contributed by atoms with Crippen molar-refractivity contribution in [1.29, 1.82) is 0 Å². The van der Waals surface area contributed by atoms with Gasteiger partial charge in [-0.2, -0.15) is 0 Å². The Labute approximate surface area is 298 Å². The molecular formula is C38H45IN4O4Si. The Kier molecular flexibility index (Phi) is 11.8. The lowest BCUT2D eigenvalue weighted by Gasteiger charge is -2.26. The molecule has 0 radical (unpaired) electrons. The van der Waals surface area contributed by atoms with Crippen LogP contribution in [0.2, 0.25) is 25.7 Å². The van der Waals surface area contributed by atoms with E-state index in [2.05, 4.69) is 94.3 Å². The maximum Gasteiger partial charge on any atom is 0.251 e. The minimum Gasteiger partial charge on any atom is -0.497 e. The zero-order valence-electron chi connectivity index (χ0n) is 28.7. The number of nitrogens with zero attached hydrogens (tertiary/aromatic N) is 3. The SMILES string of the molecule is COc1ccc(CN(Cc2ccc(OC)cc2)c2nc3c(I)c(CNC(=O)c4ccccc4)n(COCC[Si](C)(C)C)c3cc2C)cc1. The summed E-state index contributed by atoms with van der Waals surface area (Å²) in [4.78, 5) is 20.7. The molecule has 0 spiro atoms. The lowest BCUT2D eigenvalue weighted by Crippen LogP contribution is -2.25. The van der Waals surface area contributed by atoms with Gasteiger partial charge in [-0.15, -0.1) is 0 Å². The molecule has 8 nitrogen and oxygen atoms in total. The van der Waals surface area contributed by atoms with Crippen molar-refractivity contribution in [2.45, 2.75) is 59.0 Å². The molecule has 5 rings (SSSR count). The van der Waals surface area contributed by atoms with Crippen LogP contribution >= 0.6 is 22.6 Å². The summed E-state index contributed by atoms with van der Waals surface area (Å²) in [7, 11) is 2.11. The highest BCUT2D eigenvalue weighted by Crippen LogP contribution is 2.33. The molecule has 2 heterocycles. The zero-order valence-corrected chi connectivity index (χ0v) is 31.8. The van der Waals surface area contributed by atoms with E-state index in [1.165, 1.54) is 0 Å². The van der Waals surface area contributed by atoms with Crippen LogP contribution in [0.5, 0.6) is 11.5 Å². The van der Waals surface area contributed by atoms with E-state index in [1.54, 1.807) is 14.2 Å². The van der Waals surface area contributed by atoms with Crippen LogP contribution in [0.1, 0.15) is 32.7 Å². The molecule has 0 aliphatic carbocycles. The van der Waals surface area contributed by atoms with Gasteiger partial charge in [0.25, 0.3) is 5.91 Å². The van der Waals surface area contributed by atoms with Crippen molar-refractivity contribution in [3.8, 4) is 11.5 Å². The second-order valence-electron chi connectivity index (χ2n) is 13.1. The van der Waals surface area contributed by atoms with Gasteiger partial charge in [0.05, 0.1) is 35.5 Å². The van der Waals surface area contributed by atoms with Gasteiger partial charge in [-0.3, -0.25) is 4.79 Å². The van der Waals surface area contributed by atoms with Crippen LogP contribution in [0.15, 0.2) is 84.9 Å². The van der Waals surface area contributed by atoms with Crippen molar-refractivity contribution in [3.05, 3.63) is 116 Å². The molecule has 5 aromatic rings. The van der Waals surface area contributed by atoms with Crippen molar-refractivity contribution in [2.24, 2.45) is 0 Å². The minimum absolute atomic E-state index is 0.113. The third-order valence-corrected chi connectivity index (χ3v) is 11.1. The molecule has 2 aromatic heterocycles. The first-order valence-corrected chi connectivity index (χ1v) is 20.9. The van der Waals surface area contributed by atoms with Gasteiger partial charge in [0.2, 0.25) is 0 Å². The Bertz CT molecular complexity index is 1770. The van der Waals surface area contributed by atoms with Crippen molar-refractivity contribution in [1.82, 2.24) is 14.9 Å². The molecule has 0 bridgehead atoms. The van der Waals surface area contributed by atoms with E-state index < -0.39 is 8.07 Å². The molecule has 1 amide bonds. The Balaban J connectivity index is 1.53. The Hall–Kier alpha value is -3.87. The van der Waals surface area contributed by atoms with E-state index in [1.807, 2.05) is 54.6 Å². The first-order chi connectivity index (χ1) is 23.1. The number of methoxy groups -OCH3 is 2. The van der Waals surface area contributed by atoms with Crippen molar-refractivity contribution in [3.63, 3.8) is 0 Å². The van der Waals surface area contributed by atoms with E-state index in [0.29, 0.717) is 38.5 Å². The number of hydrogen-bond acceptors (Lipinski definition) is 6. The number of aromatic nitrogens is 2. The quantitative estimate of drug-likeness (QED) is 0.0654. The highest BCUT2D eigenvalue weighted by molar-refractivity contribution is 14.1. The van der Waals surface area contributed by atoms with E-state index in [-0.39, 0.29) is 5.91 Å². The summed E-state index contributed by atoms with van der Waals surface area (Å²) in [6, 6.07) is 29.0. The van der Waals surface area contributed by atoms with E-state index in [0.717, 1.165) is 60.3 Å². The van der Waals surface area contributed by atoms with E-state index in [9.17, 15) is 4.79 Å². The number of amides is 1. The van der Waals surface area contributed by atoms with Gasteiger partial charge in [0, 0.05) is 33.3 Å². The summed E-state index contributed by atoms with van der Waals surface area (Å²) < 4.78 is 20.3. The number of benzene rings is 3. The van der Waals surface area contributed by atoms with E-state index in [4.69, 9.17) is 19.2 Å². The molecule has 48 heavy (non-hydrogen) atoms. The van der Waals surface area contributed by atoms with Crippen molar-refractivity contribution in [2.75, 3.05) is 25.7 Å². The second-order valence-corrected chi connectivity index (χ2v) is 19.8. The predicted octanol–water partition coefficient (Wildman–Crippen LogP) is 8.42. The number of rotatable bonds is 15. The fourth-order valence-corrected chi connectivity index (χ4v) is 7.13. The molecule has 10 heteroatoms. The third-order valence-electron chi connectivity index (χ3n) is 8.28. The van der Waals surface area contributed by atoms with Gasteiger partial charge >= 0.3 is 0 Å². The molecule has 0 fully saturated rings. The standard InChI is InChI=1S/C38H45IN4O4Si/c1-27-22-33-36(35(39)34(43(33)26-47-20-21-48(4,5)6)23-40-38(44)30-10-8-7-9-11-30)41-37(27)42(24-28-12-16-31(45-2)17-13-28)25-29-14-18-32(46-3)19-15-29/h7-19,22H,20-21,23-26H2,1-6H3,(H,40,44). The Morgan fingerprint density at radius 1 is 0.896 bits per heavy atom. The molecular weight excluding hydrogens is 731 g/mol. The van der Waals surface area contributed by atoms with E-state index >= 15 is 0 Å². The number of hydrogen-bond donors (Lipinski definition) is 1. The topological polar surface area (TPSA) is 77.9 Å². The molecule has 252 valence electrons. The number of carbonyl (C=O) groups is 1. The smallest absolute Gasteiger partial charge is 0.251 e. The van der Waals surface area contributed by atoms with Crippen LogP contribution in [0, 0.1) is 10.5 Å². The molecule has 0 saturated carbocycles. The fraction of sp³-hybridized carbons (Fsp3) is 0.316. The van der Waals surface area contributed by atoms with Crippen LogP contribution < -0.4 is 19.7 Å². The van der Waals surface area contributed by atoms with Gasteiger partial charge in [0.1, 0.15) is 29.6 Å². The Morgan fingerprint density at radius 2 is 1.48 bits per heavy atom. The van der Waals surface area contributed by atoms with Crippen LogP contribution in [-0.2, 0) is 31.1 Å². The lowest BCUT2D eigenvalue weighted by atomic mass is 10.1. The van der Waals surface area contributed by atoms with Crippen LogP contribution in [0.4, 0.5) is 5.82 Å². The summed E-state index contributed by atoms with van der Waals surface area (Å²) in [5.41, 5.74) is 6.85. The average Bonchev–Trinajstić information content (AvgIpc) is 3.34. The fourth-order valence-electron chi connectivity index (χ4n) is 5.50. The van der Waals surface area contributed by atoms with Gasteiger partial charge < -0.3 is 29.0 Å². The summed E-state index contributed by atoms with van der Waals surface area (Å²) in [5, 5.41) is 3.14. The summed E-state index contributed by atoms with van der Waals surface area (Å²) >= 11 is 2.38. The highest BCUT2D eigenvalue weighted by atomic mass is 127. The van der Waals surface area contributed by atoms with Gasteiger partial charge in [-0.1, -0.05) is 62.1 Å². The normalized spacial score (nSPS) is 11.5. The average molecular weight is 777 g/mol. The number of carbonyl (C=O) groups excluding carboxylic acids is 1. The number of fused-ring (bicyclic) bond motifs is 1. The monoisotopic (exact) mass is 776 g/mol. The molecule has 1 N–H and O–H groups in total. The number of halogens is 1. The molecule has 0 atom stereocenters. The van der Waals surface area contributed by atoms with Crippen molar-refractivity contribution >= 4 is 53.4 Å². The van der Waals surface area contributed by atoms with Crippen LogP contribution in [0.3, 0.4) is 0 Å². The first-order valence-electron chi connectivity index (χ1n) is 16.2. The third kappa shape index (κ3) is 8.97. The second kappa shape index (κ2) is 16.0. The highest BCUT2D eigenvalue weighted by Gasteiger charge is 2.22. The summed E-state index contributed by atoms with van der Waals surface area (Å²) in [6.07, 6.45) is 0. The number of anilines is 1. The van der Waals surface area contributed by atoms with Gasteiger partial charge in [-0.05, 0) is 94.7 Å².